The fraction of sp³-hybridized carbons (Fsp3) is 0.350. The Balaban J connectivity index is 1.81. The third-order valence-electron chi connectivity index (χ3n) is 4.88. The molecule has 0 bridgehead atoms. The summed E-state index contributed by atoms with van der Waals surface area (Å²) in [5, 5.41) is 12.8. The van der Waals surface area contributed by atoms with Crippen LogP contribution >= 0.6 is 11.8 Å². The largest absolute Gasteiger partial charge is 0.369 e. The van der Waals surface area contributed by atoms with E-state index in [0.717, 1.165) is 42.2 Å². The molecule has 2 aromatic rings. The molecule has 2 aliphatic rings. The highest BCUT2D eigenvalue weighted by molar-refractivity contribution is 8.14. The van der Waals surface area contributed by atoms with Crippen LogP contribution in [0, 0.1) is 0 Å². The van der Waals surface area contributed by atoms with Crippen molar-refractivity contribution in [2.24, 2.45) is 4.99 Å². The molecule has 2 aliphatic heterocycles. The Labute approximate surface area is 147 Å². The maximum absolute atomic E-state index is 11.8. The van der Waals surface area contributed by atoms with Crippen molar-refractivity contribution in [2.75, 3.05) is 18.8 Å². The van der Waals surface area contributed by atoms with Gasteiger partial charge in [-0.15, -0.1) is 0 Å². The minimum absolute atomic E-state index is 0.0850. The minimum atomic E-state index is -0.934. The lowest BCUT2D eigenvalue weighted by Crippen LogP contribution is -2.52. The summed E-state index contributed by atoms with van der Waals surface area (Å²) < 4.78 is 0. The van der Waals surface area contributed by atoms with Crippen molar-refractivity contribution in [3.8, 4) is 0 Å². The molecule has 1 fully saturated rings. The average Bonchev–Trinajstić information content (AvgIpc) is 2.80. The van der Waals surface area contributed by atoms with Gasteiger partial charge in [-0.1, -0.05) is 72.4 Å². The lowest BCUT2D eigenvalue weighted by Gasteiger charge is -2.40. The molecule has 0 radical (unpaired) electrons. The Morgan fingerprint density at radius 2 is 1.58 bits per heavy atom. The number of hydrogen-bond donors (Lipinski definition) is 1. The lowest BCUT2D eigenvalue weighted by molar-refractivity contribution is -0.0552. The third-order valence-corrected chi connectivity index (χ3v) is 6.05. The molecular weight excluding hydrogens is 316 g/mol. The first-order chi connectivity index (χ1) is 11.8. The van der Waals surface area contributed by atoms with Crippen molar-refractivity contribution in [2.45, 2.75) is 24.5 Å². The summed E-state index contributed by atoms with van der Waals surface area (Å²) in [6.07, 6.45) is 2.17. The average molecular weight is 338 g/mol. The Bertz CT molecular complexity index is 679. The second kappa shape index (κ2) is 6.61. The topological polar surface area (TPSA) is 35.8 Å². The molecule has 0 amide bonds. The molecule has 0 spiro atoms. The molecule has 1 saturated heterocycles. The van der Waals surface area contributed by atoms with E-state index >= 15 is 0 Å². The molecule has 0 saturated carbocycles. The highest BCUT2D eigenvalue weighted by Crippen LogP contribution is 2.45. The normalized spacial score (nSPS) is 23.8. The molecule has 1 atom stereocenters. The highest BCUT2D eigenvalue weighted by Gasteiger charge is 2.50. The molecule has 124 valence electrons. The van der Waals surface area contributed by atoms with Gasteiger partial charge in [0.25, 0.3) is 0 Å². The predicted molar refractivity (Wildman–Crippen MR) is 100 cm³/mol. The van der Waals surface area contributed by atoms with E-state index < -0.39 is 5.72 Å². The second-order valence-electron chi connectivity index (χ2n) is 6.44. The molecule has 24 heavy (non-hydrogen) atoms. The van der Waals surface area contributed by atoms with E-state index in [0.29, 0.717) is 5.75 Å². The van der Waals surface area contributed by atoms with Crippen LogP contribution in [0.4, 0.5) is 0 Å². The maximum atomic E-state index is 11.8. The van der Waals surface area contributed by atoms with Crippen molar-refractivity contribution in [3.05, 3.63) is 71.8 Å². The first kappa shape index (κ1) is 15.7. The van der Waals surface area contributed by atoms with Crippen LogP contribution in [0.1, 0.15) is 29.9 Å². The maximum Gasteiger partial charge on any atom is 0.161 e. The van der Waals surface area contributed by atoms with Gasteiger partial charge in [0.2, 0.25) is 0 Å². The SMILES string of the molecule is OC1(C(c2ccccc2)c2ccccc2)CSC2=NCCCCN21. The van der Waals surface area contributed by atoms with Gasteiger partial charge in [0.15, 0.2) is 10.9 Å². The van der Waals surface area contributed by atoms with Gasteiger partial charge in [0.1, 0.15) is 0 Å². The summed E-state index contributed by atoms with van der Waals surface area (Å²) in [5.41, 5.74) is 1.37. The number of fused-ring (bicyclic) bond motifs is 1. The van der Waals surface area contributed by atoms with E-state index in [1.54, 1.807) is 11.8 Å². The Kier molecular flexibility index (Phi) is 4.33. The van der Waals surface area contributed by atoms with E-state index in [-0.39, 0.29) is 5.92 Å². The van der Waals surface area contributed by atoms with E-state index in [1.807, 2.05) is 36.4 Å². The summed E-state index contributed by atoms with van der Waals surface area (Å²) in [4.78, 5) is 6.84. The lowest BCUT2D eigenvalue weighted by atomic mass is 9.82. The van der Waals surface area contributed by atoms with Crippen molar-refractivity contribution in [1.29, 1.82) is 0 Å². The van der Waals surface area contributed by atoms with Crippen LogP contribution in [0.25, 0.3) is 0 Å². The zero-order valence-electron chi connectivity index (χ0n) is 13.6. The van der Waals surface area contributed by atoms with Gasteiger partial charge in [-0.05, 0) is 24.0 Å². The number of rotatable bonds is 3. The Hall–Kier alpha value is -1.78. The predicted octanol–water partition coefficient (Wildman–Crippen LogP) is 3.71. The first-order valence-electron chi connectivity index (χ1n) is 8.56. The van der Waals surface area contributed by atoms with Gasteiger partial charge in [-0.2, -0.15) is 0 Å². The van der Waals surface area contributed by atoms with Crippen molar-refractivity contribution < 1.29 is 5.11 Å². The van der Waals surface area contributed by atoms with Crippen molar-refractivity contribution in [3.63, 3.8) is 0 Å². The molecular formula is C20H22N2OS. The van der Waals surface area contributed by atoms with Crippen LogP contribution in [-0.2, 0) is 0 Å². The summed E-state index contributed by atoms with van der Waals surface area (Å²) in [5.74, 6) is 0.568. The number of amidine groups is 1. The molecule has 0 aromatic heterocycles. The second-order valence-corrected chi connectivity index (χ2v) is 7.39. The number of aliphatic hydroxyl groups is 1. The number of thioether (sulfide) groups is 1. The van der Waals surface area contributed by atoms with Crippen LogP contribution < -0.4 is 0 Å². The molecule has 4 rings (SSSR count). The van der Waals surface area contributed by atoms with Crippen LogP contribution in [0.2, 0.25) is 0 Å². The first-order valence-corrected chi connectivity index (χ1v) is 9.55. The van der Waals surface area contributed by atoms with Crippen LogP contribution in [0.3, 0.4) is 0 Å². The molecule has 2 heterocycles. The van der Waals surface area contributed by atoms with Crippen molar-refractivity contribution >= 4 is 16.9 Å². The number of aliphatic imine (C=N–C) groups is 1. The Morgan fingerprint density at radius 3 is 2.21 bits per heavy atom. The fourth-order valence-electron chi connectivity index (χ4n) is 3.73. The van der Waals surface area contributed by atoms with E-state index in [4.69, 9.17) is 4.99 Å². The van der Waals surface area contributed by atoms with E-state index in [1.165, 1.54) is 0 Å². The summed E-state index contributed by atoms with van der Waals surface area (Å²) in [6, 6.07) is 20.7. The van der Waals surface area contributed by atoms with E-state index in [2.05, 4.69) is 29.2 Å². The molecule has 4 heteroatoms. The summed E-state index contributed by atoms with van der Waals surface area (Å²) in [6.45, 7) is 1.74. The van der Waals surface area contributed by atoms with Crippen LogP contribution in [0.5, 0.6) is 0 Å². The number of nitrogens with zero attached hydrogens (tertiary/aromatic N) is 2. The monoisotopic (exact) mass is 338 g/mol. The standard InChI is InChI=1S/C20H22N2OS/c23-20(15-24-19-21-13-7-8-14-22(19)20)18(16-9-3-1-4-10-16)17-11-5-2-6-12-17/h1-6,9-12,18,23H,7-8,13-15H2. The number of hydrogen-bond acceptors (Lipinski definition) is 4. The third kappa shape index (κ3) is 2.74. The van der Waals surface area contributed by atoms with E-state index in [9.17, 15) is 5.11 Å². The molecule has 1 unspecified atom stereocenters. The smallest absolute Gasteiger partial charge is 0.161 e. The molecule has 1 N–H and O–H groups in total. The number of benzene rings is 2. The molecule has 0 aliphatic carbocycles. The Morgan fingerprint density at radius 1 is 0.958 bits per heavy atom. The minimum Gasteiger partial charge on any atom is -0.369 e. The fourth-order valence-corrected chi connectivity index (χ4v) is 4.98. The van der Waals surface area contributed by atoms with Gasteiger partial charge in [-0.3, -0.25) is 4.99 Å². The van der Waals surface area contributed by atoms with Gasteiger partial charge in [0.05, 0.1) is 5.92 Å². The van der Waals surface area contributed by atoms with Gasteiger partial charge in [-0.25, -0.2) is 0 Å². The summed E-state index contributed by atoms with van der Waals surface area (Å²) in [7, 11) is 0. The highest BCUT2D eigenvalue weighted by atomic mass is 32.2. The zero-order valence-corrected chi connectivity index (χ0v) is 14.5. The zero-order chi connectivity index (χ0) is 16.4. The summed E-state index contributed by atoms with van der Waals surface area (Å²) >= 11 is 1.69. The van der Waals surface area contributed by atoms with Gasteiger partial charge in [0, 0.05) is 18.8 Å². The molecule has 2 aromatic carbocycles. The quantitative estimate of drug-likeness (QED) is 0.927. The van der Waals surface area contributed by atoms with Crippen molar-refractivity contribution in [1.82, 2.24) is 4.90 Å². The van der Waals surface area contributed by atoms with Crippen LogP contribution in [-0.4, -0.2) is 39.7 Å². The van der Waals surface area contributed by atoms with Crippen LogP contribution in [0.15, 0.2) is 65.7 Å². The van der Waals surface area contributed by atoms with Gasteiger partial charge >= 0.3 is 0 Å². The molecule has 3 nitrogen and oxygen atoms in total. The van der Waals surface area contributed by atoms with Gasteiger partial charge < -0.3 is 10.0 Å².